The van der Waals surface area contributed by atoms with Crippen LogP contribution in [0.3, 0.4) is 0 Å². The SMILES string of the molecule is CCCCC(CCC)N=C(NN)Nc1ccccc1. The monoisotopic (exact) mass is 262 g/mol. The fourth-order valence-corrected chi connectivity index (χ4v) is 1.99. The number of hydrogen-bond donors (Lipinski definition) is 3. The van der Waals surface area contributed by atoms with Gasteiger partial charge in [0.05, 0.1) is 6.04 Å². The number of hydrogen-bond acceptors (Lipinski definition) is 2. The minimum absolute atomic E-state index is 0.340. The Hall–Kier alpha value is -1.55. The zero-order chi connectivity index (χ0) is 13.9. The van der Waals surface area contributed by atoms with Crippen molar-refractivity contribution < 1.29 is 0 Å². The predicted octanol–water partition coefficient (Wildman–Crippen LogP) is 3.28. The summed E-state index contributed by atoms with van der Waals surface area (Å²) in [6.45, 7) is 4.39. The first-order chi connectivity index (χ1) is 9.30. The van der Waals surface area contributed by atoms with Gasteiger partial charge >= 0.3 is 0 Å². The molecule has 106 valence electrons. The zero-order valence-electron chi connectivity index (χ0n) is 12.0. The van der Waals surface area contributed by atoms with Crippen molar-refractivity contribution in [2.45, 2.75) is 52.0 Å². The molecule has 0 aliphatic carbocycles. The lowest BCUT2D eigenvalue weighted by molar-refractivity contribution is 0.535. The van der Waals surface area contributed by atoms with E-state index >= 15 is 0 Å². The molecular weight excluding hydrogens is 236 g/mol. The van der Waals surface area contributed by atoms with E-state index in [2.05, 4.69) is 29.6 Å². The number of guanidine groups is 1. The Bertz CT molecular complexity index is 362. The van der Waals surface area contributed by atoms with Crippen molar-refractivity contribution in [3.05, 3.63) is 30.3 Å². The largest absolute Gasteiger partial charge is 0.325 e. The van der Waals surface area contributed by atoms with E-state index in [9.17, 15) is 0 Å². The molecule has 0 aliphatic rings. The summed E-state index contributed by atoms with van der Waals surface area (Å²) in [4.78, 5) is 4.69. The molecule has 0 spiro atoms. The summed E-state index contributed by atoms with van der Waals surface area (Å²) in [6.07, 6.45) is 5.76. The number of aliphatic imine (C=N–C) groups is 1. The maximum Gasteiger partial charge on any atom is 0.210 e. The Morgan fingerprint density at radius 2 is 1.89 bits per heavy atom. The van der Waals surface area contributed by atoms with Crippen LogP contribution in [0.1, 0.15) is 46.0 Å². The quantitative estimate of drug-likeness (QED) is 0.306. The molecule has 4 nitrogen and oxygen atoms in total. The fraction of sp³-hybridized carbons (Fsp3) is 0.533. The second-order valence-corrected chi connectivity index (χ2v) is 4.70. The van der Waals surface area contributed by atoms with Crippen molar-refractivity contribution in [1.29, 1.82) is 0 Å². The normalized spacial score (nSPS) is 13.1. The number of para-hydroxylation sites is 1. The fourth-order valence-electron chi connectivity index (χ4n) is 1.99. The van der Waals surface area contributed by atoms with Gasteiger partial charge in [-0.1, -0.05) is 51.3 Å². The van der Waals surface area contributed by atoms with Crippen LogP contribution in [0.15, 0.2) is 35.3 Å². The molecule has 1 rings (SSSR count). The van der Waals surface area contributed by atoms with Crippen LogP contribution in [0.25, 0.3) is 0 Å². The van der Waals surface area contributed by atoms with E-state index in [1.165, 1.54) is 12.8 Å². The molecule has 4 N–H and O–H groups in total. The smallest absolute Gasteiger partial charge is 0.210 e. The third-order valence-electron chi connectivity index (χ3n) is 3.00. The van der Waals surface area contributed by atoms with E-state index in [1.807, 2.05) is 30.3 Å². The van der Waals surface area contributed by atoms with Crippen LogP contribution in [-0.4, -0.2) is 12.0 Å². The highest BCUT2D eigenvalue weighted by atomic mass is 15.3. The zero-order valence-corrected chi connectivity index (χ0v) is 12.0. The van der Waals surface area contributed by atoms with Gasteiger partial charge in [-0.05, 0) is 25.0 Å². The first-order valence-corrected chi connectivity index (χ1v) is 7.16. The summed E-state index contributed by atoms with van der Waals surface area (Å²) >= 11 is 0. The lowest BCUT2D eigenvalue weighted by Crippen LogP contribution is -2.37. The second-order valence-electron chi connectivity index (χ2n) is 4.70. The molecule has 1 aromatic carbocycles. The summed E-state index contributed by atoms with van der Waals surface area (Å²) in [5.41, 5.74) is 3.65. The summed E-state index contributed by atoms with van der Waals surface area (Å²) < 4.78 is 0. The van der Waals surface area contributed by atoms with Gasteiger partial charge in [-0.2, -0.15) is 0 Å². The van der Waals surface area contributed by atoms with Crippen molar-refractivity contribution >= 4 is 11.6 Å². The van der Waals surface area contributed by atoms with E-state index < -0.39 is 0 Å². The molecule has 0 aliphatic heterocycles. The molecule has 0 radical (unpaired) electrons. The average Bonchev–Trinajstić information content (AvgIpc) is 2.45. The van der Waals surface area contributed by atoms with Crippen LogP contribution in [-0.2, 0) is 0 Å². The van der Waals surface area contributed by atoms with Crippen LogP contribution < -0.4 is 16.6 Å². The van der Waals surface area contributed by atoms with E-state index in [-0.39, 0.29) is 0 Å². The molecule has 0 fully saturated rings. The first kappa shape index (κ1) is 15.5. The number of nitrogens with zero attached hydrogens (tertiary/aromatic N) is 1. The standard InChI is InChI=1S/C15H26N4/c1-3-5-10-13(9-4-2)17-15(19-16)18-14-11-7-6-8-12-14/h6-8,11-13H,3-5,9-10,16H2,1-2H3,(H2,17,18,19). The van der Waals surface area contributed by atoms with Gasteiger partial charge in [0.2, 0.25) is 5.96 Å². The van der Waals surface area contributed by atoms with Crippen molar-refractivity contribution in [2.75, 3.05) is 5.32 Å². The summed E-state index contributed by atoms with van der Waals surface area (Å²) in [5, 5.41) is 3.21. The molecule has 0 saturated heterocycles. The van der Waals surface area contributed by atoms with E-state index in [4.69, 9.17) is 5.84 Å². The Balaban J connectivity index is 2.66. The Labute approximate surface area is 116 Å². The van der Waals surface area contributed by atoms with Crippen LogP contribution >= 0.6 is 0 Å². The molecule has 1 unspecified atom stereocenters. The molecule has 0 bridgehead atoms. The van der Waals surface area contributed by atoms with E-state index in [0.717, 1.165) is 24.9 Å². The number of hydrazine groups is 1. The van der Waals surface area contributed by atoms with Gasteiger partial charge in [0.15, 0.2) is 0 Å². The summed E-state index contributed by atoms with van der Waals surface area (Å²) in [6, 6.07) is 10.3. The molecule has 0 aromatic heterocycles. The maximum atomic E-state index is 5.55. The number of benzene rings is 1. The van der Waals surface area contributed by atoms with Gasteiger partial charge < -0.3 is 5.32 Å². The lowest BCUT2D eigenvalue weighted by atomic mass is 10.1. The van der Waals surface area contributed by atoms with Crippen LogP contribution in [0, 0.1) is 0 Å². The molecule has 0 amide bonds. The van der Waals surface area contributed by atoms with Crippen LogP contribution in [0.5, 0.6) is 0 Å². The first-order valence-electron chi connectivity index (χ1n) is 7.16. The van der Waals surface area contributed by atoms with Crippen molar-refractivity contribution in [3.63, 3.8) is 0 Å². The molecular formula is C15H26N4. The van der Waals surface area contributed by atoms with Gasteiger partial charge in [0, 0.05) is 5.69 Å². The molecule has 4 heteroatoms. The van der Waals surface area contributed by atoms with Gasteiger partial charge in [0.25, 0.3) is 0 Å². The van der Waals surface area contributed by atoms with Crippen molar-refractivity contribution in [3.8, 4) is 0 Å². The predicted molar refractivity (Wildman–Crippen MR) is 83.0 cm³/mol. The molecule has 1 atom stereocenters. The van der Waals surface area contributed by atoms with Crippen molar-refractivity contribution in [1.82, 2.24) is 5.43 Å². The number of anilines is 1. The van der Waals surface area contributed by atoms with E-state index in [1.54, 1.807) is 0 Å². The molecule has 1 aromatic rings. The van der Waals surface area contributed by atoms with Crippen LogP contribution in [0.2, 0.25) is 0 Å². The molecule has 0 saturated carbocycles. The second kappa shape index (κ2) is 9.39. The Kier molecular flexibility index (Phi) is 7.66. The minimum atomic E-state index is 0.340. The van der Waals surface area contributed by atoms with E-state index in [0.29, 0.717) is 12.0 Å². The number of nitrogens with one attached hydrogen (secondary N) is 2. The minimum Gasteiger partial charge on any atom is -0.325 e. The number of unbranched alkanes of at least 4 members (excludes halogenated alkanes) is 1. The average molecular weight is 262 g/mol. The van der Waals surface area contributed by atoms with Gasteiger partial charge in [-0.3, -0.25) is 5.43 Å². The Morgan fingerprint density at radius 1 is 1.16 bits per heavy atom. The summed E-state index contributed by atoms with van der Waals surface area (Å²) in [5.74, 6) is 6.19. The highest BCUT2D eigenvalue weighted by Crippen LogP contribution is 2.12. The number of nitrogens with two attached hydrogens (primary N) is 1. The van der Waals surface area contributed by atoms with Gasteiger partial charge in [0.1, 0.15) is 0 Å². The maximum absolute atomic E-state index is 5.55. The van der Waals surface area contributed by atoms with Gasteiger partial charge in [-0.15, -0.1) is 0 Å². The highest BCUT2D eigenvalue weighted by molar-refractivity contribution is 5.93. The third-order valence-corrected chi connectivity index (χ3v) is 3.00. The van der Waals surface area contributed by atoms with Gasteiger partial charge in [-0.25, -0.2) is 10.8 Å². The topological polar surface area (TPSA) is 62.4 Å². The Morgan fingerprint density at radius 3 is 2.47 bits per heavy atom. The number of rotatable bonds is 7. The summed E-state index contributed by atoms with van der Waals surface area (Å²) in [7, 11) is 0. The lowest BCUT2D eigenvalue weighted by Gasteiger charge is -2.15. The molecule has 19 heavy (non-hydrogen) atoms. The van der Waals surface area contributed by atoms with Crippen LogP contribution in [0.4, 0.5) is 5.69 Å². The third kappa shape index (κ3) is 6.25. The highest BCUT2D eigenvalue weighted by Gasteiger charge is 2.07. The van der Waals surface area contributed by atoms with Crippen molar-refractivity contribution in [2.24, 2.45) is 10.8 Å². The molecule has 0 heterocycles.